The molecule has 1 aliphatic heterocycles. The Morgan fingerprint density at radius 2 is 1.79 bits per heavy atom. The molecule has 0 saturated carbocycles. The number of rotatable bonds is 8. The van der Waals surface area contributed by atoms with Crippen molar-refractivity contribution in [1.82, 2.24) is 4.31 Å². The van der Waals surface area contributed by atoms with Crippen LogP contribution in [0, 0.1) is 11.6 Å². The number of halogens is 2. The zero-order valence-electron chi connectivity index (χ0n) is 18.5. The number of hydrogen-bond donors (Lipinski definition) is 0. The summed E-state index contributed by atoms with van der Waals surface area (Å²) in [7, 11) is -2.50. The van der Waals surface area contributed by atoms with Crippen molar-refractivity contribution in [2.24, 2.45) is 0 Å². The first-order valence-electron chi connectivity index (χ1n) is 10.3. The minimum Gasteiger partial charge on any atom is -0.495 e. The number of hydrogen-bond acceptors (Lipinski definition) is 7. The lowest BCUT2D eigenvalue weighted by Gasteiger charge is -2.26. The van der Waals surface area contributed by atoms with Gasteiger partial charge in [0.15, 0.2) is 17.7 Å². The minimum absolute atomic E-state index is 0.0608. The van der Waals surface area contributed by atoms with Crippen molar-refractivity contribution in [3.05, 3.63) is 65.2 Å². The fourth-order valence-corrected chi connectivity index (χ4v) is 4.84. The highest BCUT2D eigenvalue weighted by Crippen LogP contribution is 2.29. The number of morpholine rings is 1. The maximum atomic E-state index is 13.4. The average Bonchev–Trinajstić information content (AvgIpc) is 2.84. The lowest BCUT2D eigenvalue weighted by Crippen LogP contribution is -2.40. The number of nitrogens with zero attached hydrogens (tertiary/aromatic N) is 1. The molecule has 182 valence electrons. The van der Waals surface area contributed by atoms with Crippen molar-refractivity contribution in [3.63, 3.8) is 0 Å². The number of esters is 1. The van der Waals surface area contributed by atoms with Gasteiger partial charge in [0.2, 0.25) is 15.8 Å². The van der Waals surface area contributed by atoms with Gasteiger partial charge in [-0.3, -0.25) is 4.79 Å². The van der Waals surface area contributed by atoms with Gasteiger partial charge >= 0.3 is 5.97 Å². The summed E-state index contributed by atoms with van der Waals surface area (Å²) in [4.78, 5) is 24.4. The van der Waals surface area contributed by atoms with Crippen LogP contribution in [0.2, 0.25) is 0 Å². The third-order valence-corrected chi connectivity index (χ3v) is 6.97. The molecule has 1 atom stereocenters. The van der Waals surface area contributed by atoms with Crippen LogP contribution in [0.25, 0.3) is 6.08 Å². The second-order valence-electron chi connectivity index (χ2n) is 7.33. The highest BCUT2D eigenvalue weighted by atomic mass is 32.2. The predicted octanol–water partition coefficient (Wildman–Crippen LogP) is 2.82. The first-order chi connectivity index (χ1) is 16.1. The number of methoxy groups -OCH3 is 1. The second-order valence-corrected chi connectivity index (χ2v) is 9.24. The molecule has 2 aromatic rings. The van der Waals surface area contributed by atoms with Crippen LogP contribution in [0.1, 0.15) is 22.8 Å². The van der Waals surface area contributed by atoms with E-state index < -0.39 is 39.5 Å². The number of carbonyl (C=O) groups excluding carboxylic acids is 2. The Bertz CT molecular complexity index is 1210. The number of Topliss-reactive ketones (excluding diaryl/α,β-unsaturated/α-hetero) is 1. The van der Waals surface area contributed by atoms with Crippen LogP contribution in [0.15, 0.2) is 47.4 Å². The zero-order valence-corrected chi connectivity index (χ0v) is 19.3. The molecule has 0 N–H and O–H groups in total. The van der Waals surface area contributed by atoms with Crippen molar-refractivity contribution in [1.29, 1.82) is 0 Å². The third-order valence-electron chi connectivity index (χ3n) is 5.05. The SMILES string of the molecule is COc1ccc(/C=C\C(=O)O[C@@H](C)C(=O)c2ccc(F)c(F)c2)cc1S(=O)(=O)N1CCOCC1. The summed E-state index contributed by atoms with van der Waals surface area (Å²) < 4.78 is 69.2. The van der Waals surface area contributed by atoms with Gasteiger partial charge in [0.25, 0.3) is 0 Å². The molecule has 0 unspecified atom stereocenters. The molecular formula is C23H23F2NO7S. The molecule has 0 aromatic heterocycles. The largest absolute Gasteiger partial charge is 0.495 e. The van der Waals surface area contributed by atoms with Crippen LogP contribution in [-0.2, 0) is 24.3 Å². The van der Waals surface area contributed by atoms with E-state index in [4.69, 9.17) is 14.2 Å². The summed E-state index contributed by atoms with van der Waals surface area (Å²) >= 11 is 0. The average molecular weight is 496 g/mol. The summed E-state index contributed by atoms with van der Waals surface area (Å²) in [5.74, 6) is -3.72. The van der Waals surface area contributed by atoms with Crippen molar-refractivity contribution in [3.8, 4) is 5.75 Å². The Balaban J connectivity index is 1.73. The van der Waals surface area contributed by atoms with Crippen molar-refractivity contribution in [2.45, 2.75) is 17.9 Å². The molecule has 0 amide bonds. The van der Waals surface area contributed by atoms with E-state index in [1.54, 1.807) is 6.07 Å². The number of sulfonamides is 1. The number of ether oxygens (including phenoxy) is 3. The summed E-state index contributed by atoms with van der Waals surface area (Å²) in [6, 6.07) is 7.01. The number of ketones is 1. The fourth-order valence-electron chi connectivity index (χ4n) is 3.24. The van der Waals surface area contributed by atoms with Gasteiger partial charge in [-0.2, -0.15) is 4.31 Å². The standard InChI is InChI=1S/C23H23F2NO7S/c1-15(23(28)17-5-6-18(24)19(25)14-17)33-22(27)8-4-16-3-7-20(31-2)21(13-16)34(29,30)26-9-11-32-12-10-26/h3-8,13-15H,9-12H2,1-2H3/b8-4-/t15-/m0/s1. The van der Waals surface area contributed by atoms with Crippen molar-refractivity contribution >= 4 is 27.9 Å². The van der Waals surface area contributed by atoms with Crippen LogP contribution in [-0.4, -0.2) is 64.0 Å². The lowest BCUT2D eigenvalue weighted by molar-refractivity contribution is -0.140. The third kappa shape index (κ3) is 5.85. The van der Waals surface area contributed by atoms with Crippen LogP contribution < -0.4 is 4.74 Å². The predicted molar refractivity (Wildman–Crippen MR) is 118 cm³/mol. The molecule has 1 fully saturated rings. The van der Waals surface area contributed by atoms with E-state index >= 15 is 0 Å². The highest BCUT2D eigenvalue weighted by molar-refractivity contribution is 7.89. The van der Waals surface area contributed by atoms with Gasteiger partial charge in [-0.05, 0) is 48.9 Å². The normalized spacial score (nSPS) is 15.8. The summed E-state index contributed by atoms with van der Waals surface area (Å²) in [5.41, 5.74) is 0.237. The molecule has 8 nitrogen and oxygen atoms in total. The highest BCUT2D eigenvalue weighted by Gasteiger charge is 2.29. The molecular weight excluding hydrogens is 472 g/mol. The van der Waals surface area contributed by atoms with E-state index in [1.807, 2.05) is 0 Å². The van der Waals surface area contributed by atoms with Gasteiger partial charge in [0.05, 0.1) is 20.3 Å². The minimum atomic E-state index is -3.86. The maximum absolute atomic E-state index is 13.4. The van der Waals surface area contributed by atoms with Crippen LogP contribution in [0.5, 0.6) is 5.75 Å². The van der Waals surface area contributed by atoms with Gasteiger partial charge < -0.3 is 14.2 Å². The van der Waals surface area contributed by atoms with E-state index in [9.17, 15) is 26.8 Å². The fraction of sp³-hybridized carbons (Fsp3) is 0.304. The van der Waals surface area contributed by atoms with Gasteiger partial charge in [-0.15, -0.1) is 0 Å². The molecule has 34 heavy (non-hydrogen) atoms. The Morgan fingerprint density at radius 1 is 1.09 bits per heavy atom. The number of carbonyl (C=O) groups is 2. The smallest absolute Gasteiger partial charge is 0.331 e. The Morgan fingerprint density at radius 3 is 2.44 bits per heavy atom. The quantitative estimate of drug-likeness (QED) is 0.316. The van der Waals surface area contributed by atoms with E-state index in [0.717, 1.165) is 24.3 Å². The van der Waals surface area contributed by atoms with E-state index in [0.29, 0.717) is 5.56 Å². The molecule has 1 aliphatic rings. The van der Waals surface area contributed by atoms with Crippen molar-refractivity contribution in [2.75, 3.05) is 33.4 Å². The van der Waals surface area contributed by atoms with Crippen LogP contribution in [0.3, 0.4) is 0 Å². The number of benzene rings is 2. The topological polar surface area (TPSA) is 99.2 Å². The van der Waals surface area contributed by atoms with Crippen LogP contribution in [0.4, 0.5) is 8.78 Å². The maximum Gasteiger partial charge on any atom is 0.331 e. The van der Waals surface area contributed by atoms with Crippen LogP contribution >= 0.6 is 0 Å². The van der Waals surface area contributed by atoms with E-state index in [2.05, 4.69) is 0 Å². The molecule has 0 aliphatic carbocycles. The summed E-state index contributed by atoms with van der Waals surface area (Å²) in [6.45, 7) is 2.29. The summed E-state index contributed by atoms with van der Waals surface area (Å²) in [5, 5.41) is 0. The van der Waals surface area contributed by atoms with Gasteiger partial charge in [0, 0.05) is 24.7 Å². The molecule has 0 bridgehead atoms. The molecule has 0 spiro atoms. The molecule has 1 saturated heterocycles. The Hall–Kier alpha value is -3.15. The van der Waals surface area contributed by atoms with Gasteiger partial charge in [0.1, 0.15) is 10.6 Å². The van der Waals surface area contributed by atoms with Gasteiger partial charge in [-0.25, -0.2) is 22.0 Å². The molecule has 3 rings (SSSR count). The first-order valence-corrected chi connectivity index (χ1v) is 11.7. The van der Waals surface area contributed by atoms with E-state index in [1.165, 1.54) is 36.5 Å². The molecule has 11 heteroatoms. The Kier molecular flexibility index (Phi) is 8.13. The molecule has 1 heterocycles. The Labute approximate surface area is 195 Å². The lowest BCUT2D eigenvalue weighted by atomic mass is 10.1. The molecule has 2 aromatic carbocycles. The second kappa shape index (κ2) is 10.9. The summed E-state index contributed by atoms with van der Waals surface area (Å²) in [6.07, 6.45) is 1.10. The van der Waals surface area contributed by atoms with E-state index in [-0.39, 0.29) is 42.5 Å². The first kappa shape index (κ1) is 25.5. The monoisotopic (exact) mass is 495 g/mol. The van der Waals surface area contributed by atoms with Crippen molar-refractivity contribution < 1.29 is 41.0 Å². The zero-order chi connectivity index (χ0) is 24.9. The molecule has 0 radical (unpaired) electrons. The van der Waals surface area contributed by atoms with Gasteiger partial charge in [-0.1, -0.05) is 6.07 Å².